The number of rotatable bonds is 3. The number of piperazine rings is 1. The van der Waals surface area contributed by atoms with Crippen LogP contribution in [-0.4, -0.2) is 52.5 Å². The van der Waals surface area contributed by atoms with Gasteiger partial charge >= 0.3 is 0 Å². The number of nitrogen functional groups attached to an aromatic ring is 1. The molecule has 1 amide bonds. The van der Waals surface area contributed by atoms with Crippen molar-refractivity contribution in [3.05, 3.63) is 18.0 Å². The van der Waals surface area contributed by atoms with Crippen molar-refractivity contribution in [1.82, 2.24) is 14.4 Å². The number of amides is 1. The Kier molecular flexibility index (Phi) is 3.70. The molecule has 2 aliphatic heterocycles. The van der Waals surface area contributed by atoms with E-state index in [0.29, 0.717) is 11.7 Å². The molecule has 0 aliphatic carbocycles. The number of carbonyl (C=O) groups excluding carboxylic acids is 1. The minimum Gasteiger partial charge on any atom is -0.397 e. The van der Waals surface area contributed by atoms with Gasteiger partial charge in [-0.1, -0.05) is 6.92 Å². The quantitative estimate of drug-likeness (QED) is 0.908. The average Bonchev–Trinajstić information content (AvgIpc) is 3.04. The van der Waals surface area contributed by atoms with Crippen LogP contribution in [0.15, 0.2) is 12.3 Å². The molecule has 0 spiro atoms. The monoisotopic (exact) mass is 276 g/mol. The lowest BCUT2D eigenvalue weighted by Gasteiger charge is -2.37. The smallest absolute Gasteiger partial charge is 0.270 e. The van der Waals surface area contributed by atoms with E-state index in [9.17, 15) is 4.79 Å². The van der Waals surface area contributed by atoms with Gasteiger partial charge in [0.15, 0.2) is 0 Å². The Morgan fingerprint density at radius 3 is 3.05 bits per heavy atom. The van der Waals surface area contributed by atoms with Crippen molar-refractivity contribution in [2.24, 2.45) is 0 Å². The van der Waals surface area contributed by atoms with Crippen LogP contribution in [0.1, 0.15) is 36.7 Å². The number of hydrogen-bond acceptors (Lipinski definition) is 3. The number of aryl methyl sites for hydroxylation is 1. The second-order valence-electron chi connectivity index (χ2n) is 5.94. The molecule has 0 saturated carbocycles. The number of anilines is 1. The first-order valence-corrected chi connectivity index (χ1v) is 7.68. The molecule has 1 aromatic rings. The predicted octanol–water partition coefficient (Wildman–Crippen LogP) is 1.40. The first kappa shape index (κ1) is 13.5. The summed E-state index contributed by atoms with van der Waals surface area (Å²) in [4.78, 5) is 17.3. The zero-order valence-electron chi connectivity index (χ0n) is 12.2. The van der Waals surface area contributed by atoms with Crippen molar-refractivity contribution >= 4 is 11.6 Å². The van der Waals surface area contributed by atoms with Gasteiger partial charge in [0.2, 0.25) is 0 Å². The molecule has 2 saturated heterocycles. The summed E-state index contributed by atoms with van der Waals surface area (Å²) in [5.41, 5.74) is 7.29. The third kappa shape index (κ3) is 2.42. The van der Waals surface area contributed by atoms with E-state index in [1.54, 1.807) is 0 Å². The number of nitrogens with zero attached hydrogens (tertiary/aromatic N) is 3. The topological polar surface area (TPSA) is 54.5 Å². The van der Waals surface area contributed by atoms with Crippen LogP contribution in [0.3, 0.4) is 0 Å². The minimum absolute atomic E-state index is 0.140. The molecular weight excluding hydrogens is 252 g/mol. The van der Waals surface area contributed by atoms with Gasteiger partial charge in [0.05, 0.1) is 5.69 Å². The lowest BCUT2D eigenvalue weighted by Crippen LogP contribution is -2.52. The second-order valence-corrected chi connectivity index (χ2v) is 5.94. The maximum Gasteiger partial charge on any atom is 0.270 e. The Morgan fingerprint density at radius 2 is 2.25 bits per heavy atom. The molecule has 1 atom stereocenters. The van der Waals surface area contributed by atoms with E-state index < -0.39 is 0 Å². The lowest BCUT2D eigenvalue weighted by molar-refractivity contribution is 0.0561. The Balaban J connectivity index is 1.75. The molecule has 3 heterocycles. The number of fused-ring (bicyclic) bond motifs is 1. The van der Waals surface area contributed by atoms with E-state index in [-0.39, 0.29) is 5.91 Å². The summed E-state index contributed by atoms with van der Waals surface area (Å²) >= 11 is 0. The molecule has 110 valence electrons. The van der Waals surface area contributed by atoms with Gasteiger partial charge in [-0.2, -0.15) is 0 Å². The van der Waals surface area contributed by atoms with Crippen LogP contribution in [0.2, 0.25) is 0 Å². The molecule has 2 fully saturated rings. The normalized spacial score (nSPS) is 23.1. The standard InChI is InChI=1S/C15H24N4O/c1-2-5-18-10-12(16)9-14(18)15(20)19-8-7-17-6-3-4-13(17)11-19/h9-10,13H,2-8,11,16H2,1H3. The summed E-state index contributed by atoms with van der Waals surface area (Å²) in [6.07, 6.45) is 5.38. The first-order valence-electron chi connectivity index (χ1n) is 7.68. The van der Waals surface area contributed by atoms with E-state index in [2.05, 4.69) is 11.8 Å². The summed E-state index contributed by atoms with van der Waals surface area (Å²) in [5.74, 6) is 0.140. The van der Waals surface area contributed by atoms with E-state index in [4.69, 9.17) is 5.73 Å². The second kappa shape index (κ2) is 5.48. The van der Waals surface area contributed by atoms with Gasteiger partial charge in [-0.15, -0.1) is 0 Å². The van der Waals surface area contributed by atoms with E-state index in [1.807, 2.05) is 21.7 Å². The van der Waals surface area contributed by atoms with Gasteiger partial charge < -0.3 is 15.2 Å². The molecule has 5 nitrogen and oxygen atoms in total. The van der Waals surface area contributed by atoms with Crippen LogP contribution < -0.4 is 5.73 Å². The lowest BCUT2D eigenvalue weighted by atomic mass is 10.1. The number of hydrogen-bond donors (Lipinski definition) is 1. The predicted molar refractivity (Wildman–Crippen MR) is 79.6 cm³/mol. The van der Waals surface area contributed by atoms with Crippen LogP contribution >= 0.6 is 0 Å². The summed E-state index contributed by atoms with van der Waals surface area (Å²) < 4.78 is 2.00. The zero-order valence-corrected chi connectivity index (χ0v) is 12.2. The Labute approximate surface area is 120 Å². The van der Waals surface area contributed by atoms with Gasteiger partial charge in [-0.05, 0) is 31.9 Å². The molecule has 1 unspecified atom stereocenters. The molecule has 0 radical (unpaired) electrons. The average molecular weight is 276 g/mol. The molecular formula is C15H24N4O. The SMILES string of the molecule is CCCn1cc(N)cc1C(=O)N1CCN2CCCC2C1. The fraction of sp³-hybridized carbons (Fsp3) is 0.667. The van der Waals surface area contributed by atoms with E-state index in [0.717, 1.165) is 38.3 Å². The highest BCUT2D eigenvalue weighted by atomic mass is 16.2. The van der Waals surface area contributed by atoms with Crippen LogP contribution in [0, 0.1) is 0 Å². The van der Waals surface area contributed by atoms with E-state index in [1.165, 1.54) is 19.4 Å². The van der Waals surface area contributed by atoms with Crippen molar-refractivity contribution in [2.45, 2.75) is 38.8 Å². The fourth-order valence-electron chi connectivity index (χ4n) is 3.48. The van der Waals surface area contributed by atoms with Crippen molar-refractivity contribution in [2.75, 3.05) is 31.9 Å². The molecule has 2 N–H and O–H groups in total. The maximum absolute atomic E-state index is 12.7. The van der Waals surface area contributed by atoms with E-state index >= 15 is 0 Å². The van der Waals surface area contributed by atoms with Crippen LogP contribution in [0.25, 0.3) is 0 Å². The van der Waals surface area contributed by atoms with Crippen molar-refractivity contribution in [3.63, 3.8) is 0 Å². The summed E-state index contributed by atoms with van der Waals surface area (Å²) in [5, 5.41) is 0. The minimum atomic E-state index is 0.140. The number of aromatic nitrogens is 1. The molecule has 3 rings (SSSR count). The van der Waals surface area contributed by atoms with Gasteiger partial charge in [0.1, 0.15) is 5.69 Å². The molecule has 0 aromatic carbocycles. The zero-order chi connectivity index (χ0) is 14.1. The third-order valence-electron chi connectivity index (χ3n) is 4.48. The van der Waals surface area contributed by atoms with Crippen LogP contribution in [0.5, 0.6) is 0 Å². The highest BCUT2D eigenvalue weighted by molar-refractivity contribution is 5.94. The summed E-state index contributed by atoms with van der Waals surface area (Å²) in [6.45, 7) is 6.89. The van der Waals surface area contributed by atoms with Crippen molar-refractivity contribution in [1.29, 1.82) is 0 Å². The molecule has 2 aliphatic rings. The Morgan fingerprint density at radius 1 is 1.40 bits per heavy atom. The van der Waals surface area contributed by atoms with Gasteiger partial charge in [-0.3, -0.25) is 9.69 Å². The maximum atomic E-state index is 12.7. The van der Waals surface area contributed by atoms with Gasteiger partial charge in [0.25, 0.3) is 5.91 Å². The fourth-order valence-corrected chi connectivity index (χ4v) is 3.48. The molecule has 1 aromatic heterocycles. The highest BCUT2D eigenvalue weighted by Crippen LogP contribution is 2.23. The van der Waals surface area contributed by atoms with Gasteiger partial charge in [0, 0.05) is 38.4 Å². The number of nitrogens with two attached hydrogens (primary N) is 1. The molecule has 5 heteroatoms. The largest absolute Gasteiger partial charge is 0.397 e. The number of carbonyl (C=O) groups is 1. The molecule has 20 heavy (non-hydrogen) atoms. The highest BCUT2D eigenvalue weighted by Gasteiger charge is 2.33. The molecule has 0 bridgehead atoms. The first-order chi connectivity index (χ1) is 9.69. The van der Waals surface area contributed by atoms with Gasteiger partial charge in [-0.25, -0.2) is 0 Å². The van der Waals surface area contributed by atoms with Crippen LogP contribution in [0.4, 0.5) is 5.69 Å². The van der Waals surface area contributed by atoms with Crippen molar-refractivity contribution in [3.8, 4) is 0 Å². The van der Waals surface area contributed by atoms with Crippen molar-refractivity contribution < 1.29 is 4.79 Å². The Hall–Kier alpha value is -1.49. The van der Waals surface area contributed by atoms with Crippen LogP contribution in [-0.2, 0) is 6.54 Å². The summed E-state index contributed by atoms with van der Waals surface area (Å²) in [7, 11) is 0. The third-order valence-corrected chi connectivity index (χ3v) is 4.48. The Bertz CT molecular complexity index is 496. The summed E-state index contributed by atoms with van der Waals surface area (Å²) in [6, 6.07) is 2.39.